The lowest BCUT2D eigenvalue weighted by atomic mass is 10.1. The quantitative estimate of drug-likeness (QED) is 0.304. The van der Waals surface area contributed by atoms with Gasteiger partial charge in [0.1, 0.15) is 22.6 Å². The van der Waals surface area contributed by atoms with E-state index in [1.165, 1.54) is 22.9 Å². The van der Waals surface area contributed by atoms with Gasteiger partial charge in [0.25, 0.3) is 0 Å². The standard InChI is InChI=1S/C22H14ClN5O4/c23-13-7-5-11(6-8-13)21-24-19-18(12-9-16(30)20(32)17(31)10-12)27-28(22(19)26-25-21)14-3-1-2-4-15(14)29/h1-10,29-32H. The molecule has 5 aromatic rings. The van der Waals surface area contributed by atoms with Gasteiger partial charge < -0.3 is 20.4 Å². The van der Waals surface area contributed by atoms with Gasteiger partial charge in [-0.25, -0.2) is 9.67 Å². The Kier molecular flexibility index (Phi) is 4.53. The molecule has 0 aliphatic heterocycles. The Hall–Kier alpha value is -4.37. The molecule has 0 saturated carbocycles. The first kappa shape index (κ1) is 19.6. The van der Waals surface area contributed by atoms with Gasteiger partial charge in [-0.2, -0.15) is 5.10 Å². The minimum atomic E-state index is -0.646. The zero-order valence-electron chi connectivity index (χ0n) is 16.2. The van der Waals surface area contributed by atoms with Gasteiger partial charge in [-0.05, 0) is 48.5 Å². The normalized spacial score (nSPS) is 11.2. The predicted molar refractivity (Wildman–Crippen MR) is 117 cm³/mol. The maximum absolute atomic E-state index is 10.3. The number of halogens is 1. The van der Waals surface area contributed by atoms with E-state index in [0.717, 1.165) is 0 Å². The number of fused-ring (bicyclic) bond motifs is 1. The maximum atomic E-state index is 10.3. The smallest absolute Gasteiger partial charge is 0.204 e. The third-order valence-electron chi connectivity index (χ3n) is 4.85. The van der Waals surface area contributed by atoms with Crippen LogP contribution in [0, 0.1) is 0 Å². The van der Waals surface area contributed by atoms with E-state index in [9.17, 15) is 20.4 Å². The number of para-hydroxylation sites is 2. The van der Waals surface area contributed by atoms with Gasteiger partial charge in [0.05, 0.1) is 0 Å². The van der Waals surface area contributed by atoms with E-state index >= 15 is 0 Å². The molecule has 0 aliphatic carbocycles. The molecule has 0 unspecified atom stereocenters. The zero-order valence-corrected chi connectivity index (χ0v) is 16.9. The van der Waals surface area contributed by atoms with Crippen molar-refractivity contribution < 1.29 is 20.4 Å². The molecule has 0 bridgehead atoms. The minimum Gasteiger partial charge on any atom is -0.506 e. The summed E-state index contributed by atoms with van der Waals surface area (Å²) in [5.41, 5.74) is 2.08. The van der Waals surface area contributed by atoms with Crippen molar-refractivity contribution in [3.8, 4) is 51.3 Å². The van der Waals surface area contributed by atoms with Crippen molar-refractivity contribution in [1.82, 2.24) is 25.0 Å². The van der Waals surface area contributed by atoms with Gasteiger partial charge in [0, 0.05) is 16.1 Å². The topological polar surface area (TPSA) is 137 Å². The monoisotopic (exact) mass is 447 g/mol. The molecule has 9 nitrogen and oxygen atoms in total. The lowest BCUT2D eigenvalue weighted by molar-refractivity contribution is 0.368. The first-order chi connectivity index (χ1) is 15.4. The first-order valence-electron chi connectivity index (χ1n) is 9.35. The van der Waals surface area contributed by atoms with Crippen LogP contribution in [0.3, 0.4) is 0 Å². The van der Waals surface area contributed by atoms with Crippen LogP contribution < -0.4 is 0 Å². The fourth-order valence-corrected chi connectivity index (χ4v) is 3.41. The molecule has 0 aliphatic rings. The summed E-state index contributed by atoms with van der Waals surface area (Å²) in [4.78, 5) is 4.60. The second kappa shape index (κ2) is 7.40. The number of aromatic nitrogens is 5. The summed E-state index contributed by atoms with van der Waals surface area (Å²) in [6.07, 6.45) is 0. The second-order valence-electron chi connectivity index (χ2n) is 6.93. The van der Waals surface area contributed by atoms with Gasteiger partial charge in [0.15, 0.2) is 23.1 Å². The van der Waals surface area contributed by atoms with Gasteiger partial charge in [-0.15, -0.1) is 10.2 Å². The molecular formula is C22H14ClN5O4. The number of nitrogens with zero attached hydrogens (tertiary/aromatic N) is 5. The molecule has 158 valence electrons. The summed E-state index contributed by atoms with van der Waals surface area (Å²) >= 11 is 5.97. The lowest BCUT2D eigenvalue weighted by Gasteiger charge is -2.05. The molecule has 0 spiro atoms. The molecular weight excluding hydrogens is 434 g/mol. The molecule has 4 N–H and O–H groups in total. The molecule has 0 atom stereocenters. The number of benzene rings is 3. The van der Waals surface area contributed by atoms with Gasteiger partial charge in [-0.3, -0.25) is 0 Å². The molecule has 0 saturated heterocycles. The molecule has 0 fully saturated rings. The van der Waals surface area contributed by atoms with E-state index in [2.05, 4.69) is 20.3 Å². The number of phenolic OH excluding ortho intramolecular Hbond substituents is 4. The SMILES string of the molecule is Oc1ccccc1-n1nc(-c2cc(O)c(O)c(O)c2)c2nc(-c3ccc(Cl)cc3)nnc21. The van der Waals surface area contributed by atoms with Gasteiger partial charge >= 0.3 is 0 Å². The van der Waals surface area contributed by atoms with Crippen molar-refractivity contribution in [3.63, 3.8) is 0 Å². The fraction of sp³-hybridized carbons (Fsp3) is 0. The molecule has 0 amide bonds. The van der Waals surface area contributed by atoms with Crippen molar-refractivity contribution in [3.05, 3.63) is 65.7 Å². The molecule has 10 heteroatoms. The van der Waals surface area contributed by atoms with E-state index in [1.54, 1.807) is 42.5 Å². The van der Waals surface area contributed by atoms with Crippen LogP contribution in [0.25, 0.3) is 39.5 Å². The summed E-state index contributed by atoms with van der Waals surface area (Å²) in [6.45, 7) is 0. The molecule has 32 heavy (non-hydrogen) atoms. The van der Waals surface area contributed by atoms with E-state index < -0.39 is 17.2 Å². The Balaban J connectivity index is 1.80. The average molecular weight is 448 g/mol. The van der Waals surface area contributed by atoms with Crippen LogP contribution >= 0.6 is 11.6 Å². The van der Waals surface area contributed by atoms with Crippen molar-refractivity contribution in [2.45, 2.75) is 0 Å². The second-order valence-corrected chi connectivity index (χ2v) is 7.36. The highest BCUT2D eigenvalue weighted by Gasteiger charge is 2.21. The Labute approximate surface area is 185 Å². The van der Waals surface area contributed by atoms with Crippen LogP contribution in [0.1, 0.15) is 0 Å². The number of rotatable bonds is 3. The summed E-state index contributed by atoms with van der Waals surface area (Å²) in [5.74, 6) is -1.42. The Morgan fingerprint density at radius 2 is 1.44 bits per heavy atom. The molecule has 2 aromatic heterocycles. The molecule has 5 rings (SSSR count). The lowest BCUT2D eigenvalue weighted by Crippen LogP contribution is -2.00. The van der Waals surface area contributed by atoms with Crippen molar-refractivity contribution in [2.24, 2.45) is 0 Å². The van der Waals surface area contributed by atoms with Gasteiger partial charge in [0.2, 0.25) is 5.65 Å². The summed E-state index contributed by atoms with van der Waals surface area (Å²) in [7, 11) is 0. The largest absolute Gasteiger partial charge is 0.506 e. The Bertz CT molecular complexity index is 1460. The number of hydrogen-bond donors (Lipinski definition) is 4. The highest BCUT2D eigenvalue weighted by molar-refractivity contribution is 6.30. The maximum Gasteiger partial charge on any atom is 0.204 e. The predicted octanol–water partition coefficient (Wildman–Crippen LogP) is 4.02. The van der Waals surface area contributed by atoms with Crippen LogP contribution in [0.4, 0.5) is 0 Å². The van der Waals surface area contributed by atoms with Crippen molar-refractivity contribution in [2.75, 3.05) is 0 Å². The third-order valence-corrected chi connectivity index (χ3v) is 5.10. The first-order valence-corrected chi connectivity index (χ1v) is 9.73. The average Bonchev–Trinajstić information content (AvgIpc) is 3.16. The van der Waals surface area contributed by atoms with E-state index in [0.29, 0.717) is 27.6 Å². The molecule has 3 aromatic carbocycles. The number of phenols is 4. The summed E-state index contributed by atoms with van der Waals surface area (Å²) in [5, 5.41) is 53.6. The highest BCUT2D eigenvalue weighted by Crippen LogP contribution is 2.40. The van der Waals surface area contributed by atoms with Crippen LogP contribution in [0.15, 0.2) is 60.7 Å². The Morgan fingerprint density at radius 3 is 2.12 bits per heavy atom. The molecule has 2 heterocycles. The third kappa shape index (κ3) is 3.21. The highest BCUT2D eigenvalue weighted by atomic mass is 35.5. The number of hydrogen-bond acceptors (Lipinski definition) is 8. The van der Waals surface area contributed by atoms with Gasteiger partial charge in [-0.1, -0.05) is 23.7 Å². The van der Waals surface area contributed by atoms with E-state index in [-0.39, 0.29) is 22.7 Å². The minimum absolute atomic E-state index is 0.0385. The summed E-state index contributed by atoms with van der Waals surface area (Å²) in [6, 6.07) is 15.9. The van der Waals surface area contributed by atoms with Crippen LogP contribution in [-0.2, 0) is 0 Å². The molecule has 0 radical (unpaired) electrons. The Morgan fingerprint density at radius 1 is 0.750 bits per heavy atom. The summed E-state index contributed by atoms with van der Waals surface area (Å²) < 4.78 is 1.37. The van der Waals surface area contributed by atoms with E-state index in [1.807, 2.05) is 0 Å². The number of aromatic hydroxyl groups is 4. The van der Waals surface area contributed by atoms with Crippen molar-refractivity contribution >= 4 is 22.8 Å². The van der Waals surface area contributed by atoms with Crippen molar-refractivity contribution in [1.29, 1.82) is 0 Å². The zero-order chi connectivity index (χ0) is 22.4. The van der Waals surface area contributed by atoms with Crippen LogP contribution in [0.2, 0.25) is 5.02 Å². The van der Waals surface area contributed by atoms with Crippen LogP contribution in [0.5, 0.6) is 23.0 Å². The fourth-order valence-electron chi connectivity index (χ4n) is 3.28. The van der Waals surface area contributed by atoms with Crippen LogP contribution in [-0.4, -0.2) is 45.4 Å². The van der Waals surface area contributed by atoms with E-state index in [4.69, 9.17) is 11.6 Å².